The first kappa shape index (κ1) is 23.3. The molecule has 0 atom stereocenters. The first-order valence-electron chi connectivity index (χ1n) is 9.64. The molecule has 0 bridgehead atoms. The minimum Gasteiger partial charge on any atom is -0.495 e. The van der Waals surface area contributed by atoms with E-state index >= 15 is 0 Å². The number of amides is 1. The molecule has 0 radical (unpaired) electrons. The molecule has 164 valence electrons. The molecule has 2 rings (SSSR count). The van der Waals surface area contributed by atoms with E-state index in [0.717, 1.165) is 19.1 Å². The fraction of sp³-hybridized carbons (Fsp3) is 0.381. The first-order valence-corrected chi connectivity index (χ1v) is 11.5. The van der Waals surface area contributed by atoms with Crippen molar-refractivity contribution in [3.05, 3.63) is 42.0 Å². The number of rotatable bonds is 11. The Labute approximate surface area is 177 Å². The third-order valence-corrected chi connectivity index (χ3v) is 4.47. The van der Waals surface area contributed by atoms with Gasteiger partial charge in [0.2, 0.25) is 10.0 Å². The monoisotopic (exact) mass is 436 g/mol. The predicted octanol–water partition coefficient (Wildman–Crippen LogP) is 3.90. The Morgan fingerprint density at radius 1 is 0.933 bits per heavy atom. The molecular formula is C21H28N2O6S. The highest BCUT2D eigenvalue weighted by atomic mass is 32.2. The van der Waals surface area contributed by atoms with Crippen LogP contribution in [-0.2, 0) is 10.0 Å². The van der Waals surface area contributed by atoms with Gasteiger partial charge >= 0.3 is 0 Å². The molecule has 2 aromatic carbocycles. The number of carbonyl (C=O) groups excluding carboxylic acids is 1. The smallest absolute Gasteiger partial charge is 0.255 e. The molecule has 8 nitrogen and oxygen atoms in total. The SMILES string of the molecule is CCCOc1ccc(C(=O)Nc2ccc(OC)c(NS(C)(=O)=O)c2)cc1OCCC. The van der Waals surface area contributed by atoms with Crippen LogP contribution < -0.4 is 24.2 Å². The molecule has 0 aliphatic rings. The van der Waals surface area contributed by atoms with E-state index in [0.29, 0.717) is 41.7 Å². The van der Waals surface area contributed by atoms with Crippen LogP contribution in [0.4, 0.5) is 11.4 Å². The van der Waals surface area contributed by atoms with Gasteiger partial charge in [-0.2, -0.15) is 0 Å². The Balaban J connectivity index is 2.25. The lowest BCUT2D eigenvalue weighted by atomic mass is 10.1. The van der Waals surface area contributed by atoms with Gasteiger partial charge in [-0.15, -0.1) is 0 Å². The second-order valence-corrected chi connectivity index (χ2v) is 8.35. The molecule has 0 spiro atoms. The van der Waals surface area contributed by atoms with E-state index in [1.165, 1.54) is 13.2 Å². The van der Waals surface area contributed by atoms with Crippen molar-refractivity contribution in [2.75, 3.05) is 36.6 Å². The van der Waals surface area contributed by atoms with Crippen molar-refractivity contribution >= 4 is 27.3 Å². The van der Waals surface area contributed by atoms with Crippen LogP contribution in [0.25, 0.3) is 0 Å². The van der Waals surface area contributed by atoms with Gasteiger partial charge < -0.3 is 19.5 Å². The van der Waals surface area contributed by atoms with Gasteiger partial charge in [-0.25, -0.2) is 8.42 Å². The van der Waals surface area contributed by atoms with E-state index in [2.05, 4.69) is 10.0 Å². The van der Waals surface area contributed by atoms with Crippen molar-refractivity contribution < 1.29 is 27.4 Å². The number of carbonyl (C=O) groups is 1. The fourth-order valence-corrected chi connectivity index (χ4v) is 3.13. The van der Waals surface area contributed by atoms with Crippen molar-refractivity contribution in [1.82, 2.24) is 0 Å². The predicted molar refractivity (Wildman–Crippen MR) is 117 cm³/mol. The highest BCUT2D eigenvalue weighted by molar-refractivity contribution is 7.92. The summed E-state index contributed by atoms with van der Waals surface area (Å²) in [5, 5.41) is 2.76. The van der Waals surface area contributed by atoms with Crippen molar-refractivity contribution in [2.24, 2.45) is 0 Å². The van der Waals surface area contributed by atoms with E-state index in [1.807, 2.05) is 13.8 Å². The van der Waals surface area contributed by atoms with Gasteiger partial charge in [0.1, 0.15) is 5.75 Å². The van der Waals surface area contributed by atoms with Crippen LogP contribution in [0.5, 0.6) is 17.2 Å². The average molecular weight is 437 g/mol. The maximum Gasteiger partial charge on any atom is 0.255 e. The van der Waals surface area contributed by atoms with Gasteiger partial charge in [0.05, 0.1) is 32.3 Å². The van der Waals surface area contributed by atoms with E-state index < -0.39 is 10.0 Å². The molecule has 9 heteroatoms. The summed E-state index contributed by atoms with van der Waals surface area (Å²) >= 11 is 0. The molecule has 2 aromatic rings. The number of benzene rings is 2. The summed E-state index contributed by atoms with van der Waals surface area (Å²) in [6.45, 7) is 5.06. The van der Waals surface area contributed by atoms with Crippen LogP contribution in [0.1, 0.15) is 37.0 Å². The molecule has 0 saturated heterocycles. The summed E-state index contributed by atoms with van der Waals surface area (Å²) in [7, 11) is -2.08. The second kappa shape index (κ2) is 10.7. The zero-order chi connectivity index (χ0) is 22.1. The molecule has 0 fully saturated rings. The van der Waals surface area contributed by atoms with Crippen LogP contribution in [0, 0.1) is 0 Å². The highest BCUT2D eigenvalue weighted by Crippen LogP contribution is 2.31. The number of ether oxygens (including phenoxy) is 3. The molecular weight excluding hydrogens is 408 g/mol. The molecule has 30 heavy (non-hydrogen) atoms. The Kier molecular flexibility index (Phi) is 8.35. The Morgan fingerprint density at radius 2 is 1.57 bits per heavy atom. The van der Waals surface area contributed by atoms with E-state index in [9.17, 15) is 13.2 Å². The molecule has 0 aliphatic heterocycles. The van der Waals surface area contributed by atoms with Crippen LogP contribution in [-0.4, -0.2) is 40.9 Å². The van der Waals surface area contributed by atoms with Gasteiger partial charge in [-0.1, -0.05) is 13.8 Å². The highest BCUT2D eigenvalue weighted by Gasteiger charge is 2.14. The standard InChI is InChI=1S/C21H28N2O6S/c1-5-11-28-19-9-7-15(13-20(19)29-12-6-2)21(24)22-16-8-10-18(27-3)17(14-16)23-30(4,25)26/h7-10,13-14,23H,5-6,11-12H2,1-4H3,(H,22,24). The normalized spacial score (nSPS) is 10.9. The molecule has 0 aromatic heterocycles. The minimum absolute atomic E-state index is 0.230. The molecule has 0 aliphatic carbocycles. The van der Waals surface area contributed by atoms with Crippen molar-refractivity contribution in [3.8, 4) is 17.2 Å². The fourth-order valence-electron chi connectivity index (χ4n) is 2.57. The maximum absolute atomic E-state index is 12.7. The first-order chi connectivity index (χ1) is 14.3. The summed E-state index contributed by atoms with van der Waals surface area (Å²) in [6, 6.07) is 9.68. The van der Waals surface area contributed by atoms with Crippen LogP contribution in [0.15, 0.2) is 36.4 Å². The lowest BCUT2D eigenvalue weighted by molar-refractivity contribution is 0.102. The van der Waals surface area contributed by atoms with E-state index in [1.54, 1.807) is 30.3 Å². The molecule has 0 unspecified atom stereocenters. The third kappa shape index (κ3) is 6.84. The molecule has 0 heterocycles. The van der Waals surface area contributed by atoms with Crippen molar-refractivity contribution in [3.63, 3.8) is 0 Å². The molecule has 0 saturated carbocycles. The lowest BCUT2D eigenvalue weighted by Crippen LogP contribution is -2.14. The number of anilines is 2. The zero-order valence-corrected chi connectivity index (χ0v) is 18.5. The average Bonchev–Trinajstić information content (AvgIpc) is 2.70. The van der Waals surface area contributed by atoms with E-state index in [-0.39, 0.29) is 11.6 Å². The summed E-state index contributed by atoms with van der Waals surface area (Å²) < 4.78 is 42.1. The van der Waals surface area contributed by atoms with Crippen LogP contribution in [0.3, 0.4) is 0 Å². The quantitative estimate of drug-likeness (QED) is 0.554. The Bertz CT molecular complexity index is 975. The number of methoxy groups -OCH3 is 1. The van der Waals surface area contributed by atoms with Gasteiger partial charge in [0.25, 0.3) is 5.91 Å². The van der Waals surface area contributed by atoms with Crippen LogP contribution >= 0.6 is 0 Å². The Morgan fingerprint density at radius 3 is 2.17 bits per heavy atom. The molecule has 2 N–H and O–H groups in total. The number of hydrogen-bond donors (Lipinski definition) is 2. The van der Waals surface area contributed by atoms with Crippen molar-refractivity contribution in [2.45, 2.75) is 26.7 Å². The molecule has 1 amide bonds. The number of sulfonamides is 1. The summed E-state index contributed by atoms with van der Waals surface area (Å²) in [6.07, 6.45) is 2.72. The van der Waals surface area contributed by atoms with Gasteiger partial charge in [-0.3, -0.25) is 9.52 Å². The summed E-state index contributed by atoms with van der Waals surface area (Å²) in [5.74, 6) is 1.07. The van der Waals surface area contributed by atoms with Gasteiger partial charge in [0, 0.05) is 11.3 Å². The number of hydrogen-bond acceptors (Lipinski definition) is 6. The summed E-state index contributed by atoms with van der Waals surface area (Å²) in [4.78, 5) is 12.7. The lowest BCUT2D eigenvalue weighted by Gasteiger charge is -2.14. The maximum atomic E-state index is 12.7. The Hall–Kier alpha value is -2.94. The van der Waals surface area contributed by atoms with Crippen LogP contribution in [0.2, 0.25) is 0 Å². The zero-order valence-electron chi connectivity index (χ0n) is 17.7. The largest absolute Gasteiger partial charge is 0.495 e. The van der Waals surface area contributed by atoms with E-state index in [4.69, 9.17) is 14.2 Å². The second-order valence-electron chi connectivity index (χ2n) is 6.60. The topological polar surface area (TPSA) is 103 Å². The van der Waals surface area contributed by atoms with Gasteiger partial charge in [-0.05, 0) is 49.2 Å². The van der Waals surface area contributed by atoms with Crippen molar-refractivity contribution in [1.29, 1.82) is 0 Å². The summed E-state index contributed by atoms with van der Waals surface area (Å²) in [5.41, 5.74) is 1.03. The van der Waals surface area contributed by atoms with Gasteiger partial charge in [0.15, 0.2) is 11.5 Å². The number of nitrogens with one attached hydrogen (secondary N) is 2. The minimum atomic E-state index is -3.51. The third-order valence-electron chi connectivity index (χ3n) is 3.88.